The number of anilines is 1. The van der Waals surface area contributed by atoms with Crippen LogP contribution in [0, 0.1) is 21.4 Å². The summed E-state index contributed by atoms with van der Waals surface area (Å²) in [6, 6.07) is 16.3. The summed E-state index contributed by atoms with van der Waals surface area (Å²) in [4.78, 5) is 10.6. The van der Waals surface area contributed by atoms with Gasteiger partial charge in [0.1, 0.15) is 5.69 Å². The van der Waals surface area contributed by atoms with E-state index in [0.717, 1.165) is 12.0 Å². The maximum absolute atomic E-state index is 11.1. The SMILES string of the molecule is CC(Cc1ccccc1)Nc1ccc(C#N)cc1[N+](=O)[O-]. The zero-order valence-corrected chi connectivity index (χ0v) is 11.6. The first kappa shape index (κ1) is 14.5. The number of hydrogen-bond acceptors (Lipinski definition) is 4. The average molecular weight is 281 g/mol. The van der Waals surface area contributed by atoms with Gasteiger partial charge in [-0.05, 0) is 31.0 Å². The molecule has 5 heteroatoms. The molecule has 0 amide bonds. The van der Waals surface area contributed by atoms with E-state index in [0.29, 0.717) is 5.69 Å². The van der Waals surface area contributed by atoms with E-state index in [-0.39, 0.29) is 17.3 Å². The van der Waals surface area contributed by atoms with Gasteiger partial charge in [0.25, 0.3) is 5.69 Å². The van der Waals surface area contributed by atoms with Crippen LogP contribution in [-0.2, 0) is 6.42 Å². The molecule has 0 bridgehead atoms. The standard InChI is InChI=1S/C16H15N3O2/c1-12(9-13-5-3-2-4-6-13)18-15-8-7-14(11-17)10-16(15)19(20)21/h2-8,10,12,18H,9H2,1H3. The molecule has 106 valence electrons. The lowest BCUT2D eigenvalue weighted by molar-refractivity contribution is -0.384. The molecule has 0 aromatic heterocycles. The Labute approximate surface area is 123 Å². The van der Waals surface area contributed by atoms with Gasteiger partial charge >= 0.3 is 0 Å². The normalized spacial score (nSPS) is 11.4. The second-order valence-electron chi connectivity index (χ2n) is 4.84. The Kier molecular flexibility index (Phi) is 4.52. The van der Waals surface area contributed by atoms with Crippen LogP contribution in [-0.4, -0.2) is 11.0 Å². The van der Waals surface area contributed by atoms with Crippen LogP contribution in [0.3, 0.4) is 0 Å². The largest absolute Gasteiger partial charge is 0.377 e. The van der Waals surface area contributed by atoms with Crippen molar-refractivity contribution in [2.75, 3.05) is 5.32 Å². The van der Waals surface area contributed by atoms with E-state index in [4.69, 9.17) is 5.26 Å². The monoisotopic (exact) mass is 281 g/mol. The third kappa shape index (κ3) is 3.80. The first-order valence-corrected chi connectivity index (χ1v) is 6.59. The lowest BCUT2D eigenvalue weighted by Gasteiger charge is -2.15. The predicted molar refractivity (Wildman–Crippen MR) is 81.0 cm³/mol. The third-order valence-electron chi connectivity index (χ3n) is 3.11. The number of nitro benzene ring substituents is 1. The molecule has 2 rings (SSSR count). The number of hydrogen-bond donors (Lipinski definition) is 1. The van der Waals surface area contributed by atoms with Crippen molar-refractivity contribution < 1.29 is 4.92 Å². The van der Waals surface area contributed by atoms with Crippen molar-refractivity contribution in [3.63, 3.8) is 0 Å². The molecular formula is C16H15N3O2. The number of nitro groups is 1. The van der Waals surface area contributed by atoms with E-state index in [1.807, 2.05) is 43.3 Å². The van der Waals surface area contributed by atoms with E-state index in [2.05, 4.69) is 5.32 Å². The number of nitrogens with one attached hydrogen (secondary N) is 1. The van der Waals surface area contributed by atoms with E-state index < -0.39 is 4.92 Å². The minimum Gasteiger partial charge on any atom is -0.377 e. The summed E-state index contributed by atoms with van der Waals surface area (Å²) >= 11 is 0. The summed E-state index contributed by atoms with van der Waals surface area (Å²) in [5, 5.41) is 23.0. The lowest BCUT2D eigenvalue weighted by Crippen LogP contribution is -2.18. The number of benzene rings is 2. The summed E-state index contributed by atoms with van der Waals surface area (Å²) in [5.74, 6) is 0. The van der Waals surface area contributed by atoms with Crippen LogP contribution in [0.1, 0.15) is 18.1 Å². The van der Waals surface area contributed by atoms with Gasteiger partial charge in [0.05, 0.1) is 16.6 Å². The average Bonchev–Trinajstić information content (AvgIpc) is 2.48. The molecule has 1 N–H and O–H groups in total. The molecule has 0 aliphatic carbocycles. The van der Waals surface area contributed by atoms with Gasteiger partial charge < -0.3 is 5.32 Å². The molecule has 0 aliphatic rings. The zero-order chi connectivity index (χ0) is 15.2. The second kappa shape index (κ2) is 6.53. The van der Waals surface area contributed by atoms with Crippen molar-refractivity contribution in [2.45, 2.75) is 19.4 Å². The van der Waals surface area contributed by atoms with Crippen molar-refractivity contribution in [1.29, 1.82) is 5.26 Å². The number of nitrogens with zero attached hydrogens (tertiary/aromatic N) is 2. The summed E-state index contributed by atoms with van der Waals surface area (Å²) in [6.07, 6.45) is 0.762. The molecule has 1 atom stereocenters. The molecule has 5 nitrogen and oxygen atoms in total. The minimum atomic E-state index is -0.474. The predicted octanol–water partition coefficient (Wildman–Crippen LogP) is 3.51. The molecule has 0 fully saturated rings. The van der Waals surface area contributed by atoms with Crippen LogP contribution in [0.15, 0.2) is 48.5 Å². The zero-order valence-electron chi connectivity index (χ0n) is 11.6. The van der Waals surface area contributed by atoms with Gasteiger partial charge in [0.15, 0.2) is 0 Å². The maximum atomic E-state index is 11.1. The third-order valence-corrected chi connectivity index (χ3v) is 3.11. The highest BCUT2D eigenvalue weighted by Gasteiger charge is 2.16. The molecule has 0 radical (unpaired) electrons. The van der Waals surface area contributed by atoms with Crippen molar-refractivity contribution in [3.05, 3.63) is 69.8 Å². The van der Waals surface area contributed by atoms with Gasteiger partial charge in [-0.25, -0.2) is 0 Å². The van der Waals surface area contributed by atoms with E-state index in [1.165, 1.54) is 6.07 Å². The van der Waals surface area contributed by atoms with E-state index >= 15 is 0 Å². The fourth-order valence-corrected chi connectivity index (χ4v) is 2.16. The Morgan fingerprint density at radius 1 is 1.29 bits per heavy atom. The first-order chi connectivity index (χ1) is 10.1. The summed E-state index contributed by atoms with van der Waals surface area (Å²) < 4.78 is 0. The lowest BCUT2D eigenvalue weighted by atomic mass is 10.1. The fraction of sp³-hybridized carbons (Fsp3) is 0.188. The quantitative estimate of drug-likeness (QED) is 0.672. The molecule has 0 aliphatic heterocycles. The molecular weight excluding hydrogens is 266 g/mol. The summed E-state index contributed by atoms with van der Waals surface area (Å²) in [5.41, 5.74) is 1.80. The molecule has 0 saturated carbocycles. The first-order valence-electron chi connectivity index (χ1n) is 6.59. The van der Waals surface area contributed by atoms with Crippen LogP contribution in [0.5, 0.6) is 0 Å². The Morgan fingerprint density at radius 2 is 2.00 bits per heavy atom. The van der Waals surface area contributed by atoms with Crippen LogP contribution < -0.4 is 5.32 Å². The minimum absolute atomic E-state index is 0.0408. The Morgan fingerprint density at radius 3 is 2.62 bits per heavy atom. The highest BCUT2D eigenvalue weighted by Crippen LogP contribution is 2.26. The molecule has 1 unspecified atom stereocenters. The van der Waals surface area contributed by atoms with Gasteiger partial charge in [-0.3, -0.25) is 10.1 Å². The Bertz CT molecular complexity index is 678. The molecule has 2 aromatic rings. The highest BCUT2D eigenvalue weighted by molar-refractivity contribution is 5.64. The Balaban J connectivity index is 2.15. The van der Waals surface area contributed by atoms with Gasteiger partial charge in [-0.1, -0.05) is 30.3 Å². The maximum Gasteiger partial charge on any atom is 0.293 e. The number of rotatable bonds is 5. The second-order valence-corrected chi connectivity index (χ2v) is 4.84. The molecule has 0 heterocycles. The smallest absolute Gasteiger partial charge is 0.293 e. The van der Waals surface area contributed by atoms with Crippen molar-refractivity contribution in [3.8, 4) is 6.07 Å². The van der Waals surface area contributed by atoms with Crippen LogP contribution in [0.2, 0.25) is 0 Å². The van der Waals surface area contributed by atoms with Crippen molar-refractivity contribution >= 4 is 11.4 Å². The van der Waals surface area contributed by atoms with Crippen LogP contribution in [0.25, 0.3) is 0 Å². The van der Waals surface area contributed by atoms with Gasteiger partial charge in [0, 0.05) is 12.1 Å². The van der Waals surface area contributed by atoms with Gasteiger partial charge in [-0.2, -0.15) is 5.26 Å². The molecule has 0 saturated heterocycles. The molecule has 0 spiro atoms. The number of nitriles is 1. The van der Waals surface area contributed by atoms with Crippen molar-refractivity contribution in [1.82, 2.24) is 0 Å². The molecule has 21 heavy (non-hydrogen) atoms. The van der Waals surface area contributed by atoms with Crippen LogP contribution >= 0.6 is 0 Å². The fourth-order valence-electron chi connectivity index (χ4n) is 2.16. The molecule has 2 aromatic carbocycles. The summed E-state index contributed by atoms with van der Waals surface area (Å²) in [6.45, 7) is 1.97. The van der Waals surface area contributed by atoms with E-state index in [9.17, 15) is 10.1 Å². The van der Waals surface area contributed by atoms with Crippen molar-refractivity contribution in [2.24, 2.45) is 0 Å². The van der Waals surface area contributed by atoms with Gasteiger partial charge in [0.2, 0.25) is 0 Å². The van der Waals surface area contributed by atoms with E-state index in [1.54, 1.807) is 12.1 Å². The highest BCUT2D eigenvalue weighted by atomic mass is 16.6. The Hall–Kier alpha value is -2.87. The topological polar surface area (TPSA) is 79.0 Å². The van der Waals surface area contributed by atoms with Gasteiger partial charge in [-0.15, -0.1) is 0 Å². The van der Waals surface area contributed by atoms with Crippen LogP contribution in [0.4, 0.5) is 11.4 Å². The summed E-state index contributed by atoms with van der Waals surface area (Å²) in [7, 11) is 0.